The van der Waals surface area contributed by atoms with Gasteiger partial charge in [0.05, 0.1) is 6.10 Å². The third kappa shape index (κ3) is 7.70. The van der Waals surface area contributed by atoms with Crippen LogP contribution in [-0.4, -0.2) is 45.4 Å². The largest absolute Gasteiger partial charge is 0.416 e. The minimum Gasteiger partial charge on any atom is -0.416 e. The smallest absolute Gasteiger partial charge is 0.200 e. The Morgan fingerprint density at radius 3 is 2.00 bits per heavy atom. The average molecular weight is 479 g/mol. The van der Waals surface area contributed by atoms with Crippen LogP contribution in [0.15, 0.2) is 23.3 Å². The van der Waals surface area contributed by atoms with Crippen molar-refractivity contribution in [3.8, 4) is 11.5 Å². The van der Waals surface area contributed by atoms with Crippen LogP contribution < -0.4 is 0 Å². The molecule has 3 nitrogen and oxygen atoms in total. The van der Waals surface area contributed by atoms with Crippen LogP contribution in [0.1, 0.15) is 68.2 Å². The predicted octanol–water partition coefficient (Wildman–Crippen LogP) is 6.70. The summed E-state index contributed by atoms with van der Waals surface area (Å²) in [6.07, 6.45) is 3.91. The van der Waals surface area contributed by atoms with Crippen molar-refractivity contribution in [2.45, 2.75) is 117 Å². The third-order valence-electron chi connectivity index (χ3n) is 7.04. The quantitative estimate of drug-likeness (QED) is 0.271. The lowest BCUT2D eigenvalue weighted by atomic mass is 9.81. The van der Waals surface area contributed by atoms with Crippen molar-refractivity contribution >= 4 is 16.4 Å². The van der Waals surface area contributed by atoms with Crippen molar-refractivity contribution in [1.29, 1.82) is 0 Å². The fourth-order valence-electron chi connectivity index (χ4n) is 5.23. The standard InChI is InChI=1S/C27H50O3Si2/c1-19(2)32(20(3)4,21(5)6)30-18-23(8)24-15-14-22(7)25(17-24)27(29)26(28)13-12-16-31(9,10)11/h14,17,19-21,23-24,26-29H,13,15,18H2,1-11H3/t23-,24+,26-,27+/m1/s1. The van der Waals surface area contributed by atoms with Crippen molar-refractivity contribution in [1.82, 2.24) is 0 Å². The number of hydrogen-bond acceptors (Lipinski definition) is 3. The van der Waals surface area contributed by atoms with Gasteiger partial charge in [-0.25, -0.2) is 0 Å². The molecule has 184 valence electrons. The molecule has 0 unspecified atom stereocenters. The van der Waals surface area contributed by atoms with Gasteiger partial charge in [-0.1, -0.05) is 80.3 Å². The first-order valence-electron chi connectivity index (χ1n) is 12.5. The Bertz CT molecular complexity index is 698. The summed E-state index contributed by atoms with van der Waals surface area (Å²) >= 11 is 0. The summed E-state index contributed by atoms with van der Waals surface area (Å²) in [6, 6.07) is 0. The number of allylic oxidation sites excluding steroid dienone is 2. The summed E-state index contributed by atoms with van der Waals surface area (Å²) in [5.74, 6) is 3.76. The summed E-state index contributed by atoms with van der Waals surface area (Å²) in [7, 11) is -3.37. The van der Waals surface area contributed by atoms with Crippen molar-refractivity contribution < 1.29 is 14.6 Å². The van der Waals surface area contributed by atoms with Crippen LogP contribution in [-0.2, 0) is 4.43 Å². The highest BCUT2D eigenvalue weighted by molar-refractivity contribution is 6.83. The predicted molar refractivity (Wildman–Crippen MR) is 144 cm³/mol. The monoisotopic (exact) mass is 478 g/mol. The van der Waals surface area contributed by atoms with Gasteiger partial charge in [0, 0.05) is 13.0 Å². The third-order valence-corrected chi connectivity index (χ3v) is 14.0. The molecule has 0 spiro atoms. The van der Waals surface area contributed by atoms with Crippen LogP contribution in [0.25, 0.3) is 0 Å². The molecule has 1 aliphatic carbocycles. The summed E-state index contributed by atoms with van der Waals surface area (Å²) in [5.41, 5.74) is 6.92. The Labute approximate surface area is 200 Å². The zero-order valence-corrected chi connectivity index (χ0v) is 24.6. The number of aliphatic hydroxyl groups is 2. The number of aliphatic hydroxyl groups excluding tert-OH is 2. The van der Waals surface area contributed by atoms with Gasteiger partial charge in [-0.3, -0.25) is 0 Å². The van der Waals surface area contributed by atoms with E-state index in [1.807, 2.05) is 6.92 Å². The first kappa shape index (κ1) is 29.4. The lowest BCUT2D eigenvalue weighted by molar-refractivity contribution is 0.0458. The van der Waals surface area contributed by atoms with E-state index in [0.29, 0.717) is 34.9 Å². The normalized spacial score (nSPS) is 20.6. The molecule has 0 bridgehead atoms. The summed E-state index contributed by atoms with van der Waals surface area (Å²) in [6.45, 7) is 25.5. The van der Waals surface area contributed by atoms with Gasteiger partial charge in [0.1, 0.15) is 14.2 Å². The van der Waals surface area contributed by atoms with Crippen LogP contribution in [0.5, 0.6) is 0 Å². The Balaban J connectivity index is 2.94. The molecule has 0 saturated carbocycles. The molecule has 1 aliphatic rings. The lowest BCUT2D eigenvalue weighted by Gasteiger charge is -2.43. The van der Waals surface area contributed by atoms with Crippen LogP contribution >= 0.6 is 0 Å². The first-order chi connectivity index (χ1) is 14.6. The molecule has 0 aromatic rings. The molecule has 5 heteroatoms. The van der Waals surface area contributed by atoms with Gasteiger partial charge < -0.3 is 14.6 Å². The van der Waals surface area contributed by atoms with Gasteiger partial charge >= 0.3 is 0 Å². The van der Waals surface area contributed by atoms with Crippen LogP contribution in [0.3, 0.4) is 0 Å². The highest BCUT2D eigenvalue weighted by atomic mass is 28.4. The molecule has 1 rings (SSSR count). The van der Waals surface area contributed by atoms with E-state index in [1.54, 1.807) is 0 Å². The van der Waals surface area contributed by atoms with Crippen molar-refractivity contribution in [2.24, 2.45) is 11.8 Å². The zero-order chi connectivity index (χ0) is 24.9. The molecule has 0 saturated heterocycles. The van der Waals surface area contributed by atoms with Crippen LogP contribution in [0.2, 0.25) is 36.3 Å². The maximum Gasteiger partial charge on any atom is 0.200 e. The summed E-state index contributed by atoms with van der Waals surface area (Å²) in [5, 5.41) is 21.5. The van der Waals surface area contributed by atoms with E-state index in [-0.39, 0.29) is 0 Å². The maximum atomic E-state index is 10.9. The Morgan fingerprint density at radius 1 is 1.00 bits per heavy atom. The van der Waals surface area contributed by atoms with E-state index < -0.39 is 28.6 Å². The maximum absolute atomic E-state index is 10.9. The fraction of sp³-hybridized carbons (Fsp3) is 0.778. The Morgan fingerprint density at radius 2 is 1.53 bits per heavy atom. The van der Waals surface area contributed by atoms with Gasteiger partial charge in [0.15, 0.2) is 8.32 Å². The Kier molecular flexibility index (Phi) is 11.2. The number of rotatable bonds is 10. The van der Waals surface area contributed by atoms with Gasteiger partial charge in [-0.15, -0.1) is 11.5 Å². The first-order valence-corrected chi connectivity index (χ1v) is 18.2. The molecule has 4 atom stereocenters. The van der Waals surface area contributed by atoms with Gasteiger partial charge in [0.25, 0.3) is 0 Å². The molecular weight excluding hydrogens is 428 g/mol. The van der Waals surface area contributed by atoms with E-state index in [2.05, 4.69) is 91.7 Å². The minimum atomic E-state index is -1.89. The van der Waals surface area contributed by atoms with E-state index in [0.717, 1.165) is 24.2 Å². The van der Waals surface area contributed by atoms with Gasteiger partial charge in [-0.05, 0) is 53.0 Å². The van der Waals surface area contributed by atoms with Crippen molar-refractivity contribution in [2.75, 3.05) is 6.61 Å². The van der Waals surface area contributed by atoms with Gasteiger partial charge in [0.2, 0.25) is 0 Å². The SMILES string of the molecule is CC1=CC[C@H]([C@H](C)CO[Si](C(C)C)(C(C)C)C(C)C)C=C1[C@H](O)[C@H](O)CC#C[Si](C)(C)C. The zero-order valence-electron chi connectivity index (χ0n) is 22.6. The molecule has 0 aliphatic heterocycles. The molecule has 0 heterocycles. The second-order valence-electron chi connectivity index (χ2n) is 11.8. The molecular formula is C27H50O3Si2. The molecule has 0 radical (unpaired) electrons. The summed E-state index contributed by atoms with van der Waals surface area (Å²) < 4.78 is 6.85. The lowest BCUT2D eigenvalue weighted by Crippen LogP contribution is -2.48. The molecule has 2 N–H and O–H groups in total. The van der Waals surface area contributed by atoms with E-state index in [9.17, 15) is 10.2 Å². The molecule has 0 fully saturated rings. The Hall–Kier alpha value is -0.646. The van der Waals surface area contributed by atoms with Gasteiger partial charge in [-0.2, -0.15) is 0 Å². The van der Waals surface area contributed by atoms with E-state index in [4.69, 9.17) is 4.43 Å². The molecule has 0 aromatic heterocycles. The second-order valence-corrected chi connectivity index (χ2v) is 22.0. The van der Waals surface area contributed by atoms with E-state index >= 15 is 0 Å². The number of hydrogen-bond donors (Lipinski definition) is 2. The fourth-order valence-corrected chi connectivity index (χ4v) is 11.4. The second kappa shape index (κ2) is 12.2. The minimum absolute atomic E-state index is 0.307. The van der Waals surface area contributed by atoms with Crippen molar-refractivity contribution in [3.05, 3.63) is 23.3 Å². The highest BCUT2D eigenvalue weighted by Crippen LogP contribution is 2.43. The molecule has 32 heavy (non-hydrogen) atoms. The van der Waals surface area contributed by atoms with Crippen molar-refractivity contribution in [3.63, 3.8) is 0 Å². The molecule has 0 amide bonds. The van der Waals surface area contributed by atoms with Crippen LogP contribution in [0, 0.1) is 23.3 Å². The van der Waals surface area contributed by atoms with Crippen LogP contribution in [0.4, 0.5) is 0 Å². The summed E-state index contributed by atoms with van der Waals surface area (Å²) in [4.78, 5) is 0. The average Bonchev–Trinajstić information content (AvgIpc) is 2.66. The van der Waals surface area contributed by atoms with E-state index in [1.165, 1.54) is 0 Å². The topological polar surface area (TPSA) is 49.7 Å². The molecule has 0 aromatic carbocycles. The highest BCUT2D eigenvalue weighted by Gasteiger charge is 2.45.